The molecule has 0 saturated heterocycles. The van der Waals surface area contributed by atoms with Gasteiger partial charge in [0.25, 0.3) is 5.91 Å². The number of aromatic nitrogens is 1. The number of methoxy groups -OCH3 is 1. The number of hydrogen-bond acceptors (Lipinski definition) is 3. The van der Waals surface area contributed by atoms with Crippen LogP contribution in [0.15, 0.2) is 42.6 Å². The maximum atomic E-state index is 11.9. The van der Waals surface area contributed by atoms with Crippen LogP contribution >= 0.6 is 11.6 Å². The molecule has 0 aliphatic heterocycles. The molecule has 0 aliphatic rings. The van der Waals surface area contributed by atoms with Crippen LogP contribution in [-0.4, -0.2) is 24.5 Å². The van der Waals surface area contributed by atoms with Crippen LogP contribution in [0.1, 0.15) is 15.9 Å². The van der Waals surface area contributed by atoms with E-state index in [0.717, 1.165) is 11.3 Å². The van der Waals surface area contributed by atoms with Crippen LogP contribution in [0, 0.1) is 0 Å². The predicted octanol–water partition coefficient (Wildman–Crippen LogP) is 2.72. The van der Waals surface area contributed by atoms with Crippen LogP contribution in [0.3, 0.4) is 0 Å². The Hall–Kier alpha value is -2.07. The van der Waals surface area contributed by atoms with E-state index < -0.39 is 0 Å². The Kier molecular flexibility index (Phi) is 4.96. The molecule has 1 amide bonds. The van der Waals surface area contributed by atoms with E-state index in [0.29, 0.717) is 18.5 Å². The second kappa shape index (κ2) is 6.91. The van der Waals surface area contributed by atoms with Crippen molar-refractivity contribution < 1.29 is 9.53 Å². The van der Waals surface area contributed by atoms with Gasteiger partial charge in [0.15, 0.2) is 0 Å². The molecule has 1 heterocycles. The average Bonchev–Trinajstić information content (AvgIpc) is 2.48. The van der Waals surface area contributed by atoms with E-state index in [-0.39, 0.29) is 11.1 Å². The van der Waals surface area contributed by atoms with Gasteiger partial charge in [0.2, 0.25) is 0 Å². The van der Waals surface area contributed by atoms with Gasteiger partial charge in [0, 0.05) is 12.7 Å². The van der Waals surface area contributed by atoms with Crippen LogP contribution < -0.4 is 10.1 Å². The number of nitrogens with one attached hydrogen (secondary N) is 1. The number of hydrogen-bond donors (Lipinski definition) is 1. The van der Waals surface area contributed by atoms with E-state index in [1.807, 2.05) is 24.3 Å². The van der Waals surface area contributed by atoms with E-state index in [1.54, 1.807) is 25.4 Å². The molecule has 0 atom stereocenters. The third-order valence-electron chi connectivity index (χ3n) is 2.88. The van der Waals surface area contributed by atoms with Crippen LogP contribution in [0.25, 0.3) is 0 Å². The lowest BCUT2D eigenvalue weighted by molar-refractivity contribution is 0.0954. The number of rotatable bonds is 5. The fourth-order valence-electron chi connectivity index (χ4n) is 1.87. The molecule has 5 heteroatoms. The van der Waals surface area contributed by atoms with E-state index in [1.165, 1.54) is 0 Å². The van der Waals surface area contributed by atoms with Crippen molar-refractivity contribution in [1.29, 1.82) is 0 Å². The molecular weight excluding hydrogens is 276 g/mol. The zero-order valence-corrected chi connectivity index (χ0v) is 11.9. The van der Waals surface area contributed by atoms with E-state index in [9.17, 15) is 4.79 Å². The lowest BCUT2D eigenvalue weighted by Gasteiger charge is -2.09. The SMILES string of the molecule is COc1ccccc1CCNC(=O)c1cccnc1Cl. The maximum absolute atomic E-state index is 11.9. The fourth-order valence-corrected chi connectivity index (χ4v) is 2.08. The standard InChI is InChI=1S/C15H15ClN2O2/c1-20-13-7-3-2-5-11(13)8-10-18-15(19)12-6-4-9-17-14(12)16/h2-7,9H,8,10H2,1H3,(H,18,19). The summed E-state index contributed by atoms with van der Waals surface area (Å²) in [5.41, 5.74) is 1.43. The van der Waals surface area contributed by atoms with Gasteiger partial charge in [-0.05, 0) is 30.2 Å². The Bertz CT molecular complexity index is 602. The number of para-hydroxylation sites is 1. The summed E-state index contributed by atoms with van der Waals surface area (Å²) in [4.78, 5) is 15.8. The molecule has 0 spiro atoms. The second-order valence-corrected chi connectivity index (χ2v) is 4.52. The van der Waals surface area contributed by atoms with E-state index in [4.69, 9.17) is 16.3 Å². The third kappa shape index (κ3) is 3.48. The zero-order valence-electron chi connectivity index (χ0n) is 11.1. The third-order valence-corrected chi connectivity index (χ3v) is 3.18. The van der Waals surface area contributed by atoms with Crippen LogP contribution in [0.5, 0.6) is 5.75 Å². The minimum atomic E-state index is -0.224. The minimum Gasteiger partial charge on any atom is -0.496 e. The van der Waals surface area contributed by atoms with E-state index >= 15 is 0 Å². The number of ether oxygens (including phenoxy) is 1. The monoisotopic (exact) mass is 290 g/mol. The number of carbonyl (C=O) groups is 1. The van der Waals surface area contributed by atoms with Gasteiger partial charge < -0.3 is 10.1 Å². The Morgan fingerprint density at radius 2 is 2.10 bits per heavy atom. The highest BCUT2D eigenvalue weighted by molar-refractivity contribution is 6.32. The highest BCUT2D eigenvalue weighted by Crippen LogP contribution is 2.17. The molecule has 0 unspecified atom stereocenters. The second-order valence-electron chi connectivity index (χ2n) is 4.16. The first kappa shape index (κ1) is 14.3. The van der Waals surface area contributed by atoms with Gasteiger partial charge in [-0.15, -0.1) is 0 Å². The molecule has 0 fully saturated rings. The van der Waals surface area contributed by atoms with Crippen molar-refractivity contribution in [3.05, 3.63) is 58.9 Å². The van der Waals surface area contributed by atoms with Crippen LogP contribution in [-0.2, 0) is 6.42 Å². The van der Waals surface area contributed by atoms with Crippen molar-refractivity contribution >= 4 is 17.5 Å². The summed E-state index contributed by atoms with van der Waals surface area (Å²) in [7, 11) is 1.63. The highest BCUT2D eigenvalue weighted by Gasteiger charge is 2.10. The molecule has 20 heavy (non-hydrogen) atoms. The molecular formula is C15H15ClN2O2. The highest BCUT2D eigenvalue weighted by atomic mass is 35.5. The van der Waals surface area contributed by atoms with Crippen molar-refractivity contribution in [2.75, 3.05) is 13.7 Å². The first-order chi connectivity index (χ1) is 9.72. The zero-order chi connectivity index (χ0) is 14.4. The number of benzene rings is 1. The molecule has 4 nitrogen and oxygen atoms in total. The quantitative estimate of drug-likeness (QED) is 0.862. The first-order valence-electron chi connectivity index (χ1n) is 6.23. The van der Waals surface area contributed by atoms with Crippen LogP contribution in [0.2, 0.25) is 5.15 Å². The lowest BCUT2D eigenvalue weighted by atomic mass is 10.1. The summed E-state index contributed by atoms with van der Waals surface area (Å²) >= 11 is 5.87. The molecule has 0 bridgehead atoms. The number of nitrogens with zero attached hydrogens (tertiary/aromatic N) is 1. The molecule has 0 saturated carbocycles. The number of halogens is 1. The van der Waals surface area contributed by atoms with Gasteiger partial charge in [-0.1, -0.05) is 29.8 Å². The van der Waals surface area contributed by atoms with Gasteiger partial charge in [0.1, 0.15) is 10.9 Å². The lowest BCUT2D eigenvalue weighted by Crippen LogP contribution is -2.26. The number of pyridine rings is 1. The Morgan fingerprint density at radius 3 is 2.85 bits per heavy atom. The summed E-state index contributed by atoms with van der Waals surface area (Å²) in [5, 5.41) is 3.03. The van der Waals surface area contributed by atoms with Crippen molar-refractivity contribution in [3.8, 4) is 5.75 Å². The van der Waals surface area contributed by atoms with Crippen molar-refractivity contribution in [2.45, 2.75) is 6.42 Å². The van der Waals surface area contributed by atoms with Crippen molar-refractivity contribution in [1.82, 2.24) is 10.3 Å². The van der Waals surface area contributed by atoms with Crippen molar-refractivity contribution in [3.63, 3.8) is 0 Å². The summed E-state index contributed by atoms with van der Waals surface area (Å²) in [6.45, 7) is 0.504. The van der Waals surface area contributed by atoms with Gasteiger partial charge >= 0.3 is 0 Å². The summed E-state index contributed by atoms with van der Waals surface area (Å²) < 4.78 is 5.26. The number of amides is 1. The summed E-state index contributed by atoms with van der Waals surface area (Å²) in [6, 6.07) is 11.1. The normalized spacial score (nSPS) is 10.1. The maximum Gasteiger partial charge on any atom is 0.254 e. The molecule has 1 aromatic heterocycles. The number of carbonyl (C=O) groups excluding carboxylic acids is 1. The van der Waals surface area contributed by atoms with Gasteiger partial charge in [-0.25, -0.2) is 4.98 Å². The average molecular weight is 291 g/mol. The summed E-state index contributed by atoms with van der Waals surface area (Å²) in [6.07, 6.45) is 2.24. The van der Waals surface area contributed by atoms with Gasteiger partial charge in [0.05, 0.1) is 12.7 Å². The Balaban J connectivity index is 1.93. The first-order valence-corrected chi connectivity index (χ1v) is 6.61. The van der Waals surface area contributed by atoms with Gasteiger partial charge in [-0.2, -0.15) is 0 Å². The van der Waals surface area contributed by atoms with Crippen molar-refractivity contribution in [2.24, 2.45) is 0 Å². The van der Waals surface area contributed by atoms with E-state index in [2.05, 4.69) is 10.3 Å². The molecule has 104 valence electrons. The molecule has 2 rings (SSSR count). The minimum absolute atomic E-state index is 0.210. The molecule has 1 aromatic carbocycles. The molecule has 2 aromatic rings. The molecule has 0 aliphatic carbocycles. The van der Waals surface area contributed by atoms with Crippen LogP contribution in [0.4, 0.5) is 0 Å². The predicted molar refractivity (Wildman–Crippen MR) is 78.3 cm³/mol. The molecule has 0 radical (unpaired) electrons. The fraction of sp³-hybridized carbons (Fsp3) is 0.200. The topological polar surface area (TPSA) is 51.2 Å². The Morgan fingerprint density at radius 1 is 1.30 bits per heavy atom. The smallest absolute Gasteiger partial charge is 0.254 e. The van der Waals surface area contributed by atoms with Gasteiger partial charge in [-0.3, -0.25) is 4.79 Å². The molecule has 1 N–H and O–H groups in total. The summed E-state index contributed by atoms with van der Waals surface area (Å²) in [5.74, 6) is 0.596. The Labute approximate surface area is 122 Å². The largest absolute Gasteiger partial charge is 0.496 e.